The van der Waals surface area contributed by atoms with Crippen LogP contribution in [-0.2, 0) is 0 Å². The summed E-state index contributed by atoms with van der Waals surface area (Å²) in [6.45, 7) is 4.43. The van der Waals surface area contributed by atoms with Gasteiger partial charge in [0.2, 0.25) is 0 Å². The highest BCUT2D eigenvalue weighted by molar-refractivity contribution is 5.32. The molecule has 0 atom stereocenters. The van der Waals surface area contributed by atoms with Crippen molar-refractivity contribution in [1.82, 2.24) is 5.32 Å². The molecule has 2 aromatic rings. The minimum absolute atomic E-state index is 0. The van der Waals surface area contributed by atoms with E-state index >= 15 is 0 Å². The van der Waals surface area contributed by atoms with Crippen LogP contribution in [0.25, 0.3) is 0 Å². The molecule has 0 amide bonds. The van der Waals surface area contributed by atoms with E-state index in [0.29, 0.717) is 5.92 Å². The van der Waals surface area contributed by atoms with Crippen molar-refractivity contribution in [2.75, 3.05) is 13.1 Å². The lowest BCUT2D eigenvalue weighted by atomic mass is 9.91. The minimum Gasteiger partial charge on any atom is -0.412 e. The largest absolute Gasteiger partial charge is 0.412 e. The van der Waals surface area contributed by atoms with Gasteiger partial charge in [-0.25, -0.2) is 0 Å². The Hall–Kier alpha value is -1.64. The maximum Gasteiger partial charge on any atom is 0.0214 e. The first-order valence-corrected chi connectivity index (χ1v) is 10.2. The third-order valence-electron chi connectivity index (χ3n) is 4.96. The molecule has 2 nitrogen and oxygen atoms in total. The zero-order valence-electron chi connectivity index (χ0n) is 16.4. The smallest absolute Gasteiger partial charge is 0.0214 e. The number of unbranched alkanes of at least 4 members (excludes halogenated alkanes) is 7. The molecule has 2 heteroatoms. The topological polar surface area (TPSA) is 43.5 Å². The molecule has 0 aliphatic heterocycles. The van der Waals surface area contributed by atoms with Crippen LogP contribution in [0.15, 0.2) is 60.7 Å². The lowest BCUT2D eigenvalue weighted by molar-refractivity contribution is 0.548. The molecule has 0 unspecified atom stereocenters. The Morgan fingerprint density at radius 3 is 1.62 bits per heavy atom. The summed E-state index contributed by atoms with van der Waals surface area (Å²) >= 11 is 0. The predicted octanol–water partition coefficient (Wildman–Crippen LogP) is 5.72. The lowest BCUT2D eigenvalue weighted by Crippen LogP contribution is -2.23. The quantitative estimate of drug-likeness (QED) is 0.458. The summed E-state index contributed by atoms with van der Waals surface area (Å²) in [5, 5.41) is 3.69. The van der Waals surface area contributed by atoms with Gasteiger partial charge in [-0.1, -0.05) is 113 Å². The van der Waals surface area contributed by atoms with E-state index in [9.17, 15) is 0 Å². The van der Waals surface area contributed by atoms with Crippen LogP contribution in [0.5, 0.6) is 0 Å². The predicted molar refractivity (Wildman–Crippen MR) is 114 cm³/mol. The van der Waals surface area contributed by atoms with Gasteiger partial charge in [0.25, 0.3) is 0 Å². The summed E-state index contributed by atoms with van der Waals surface area (Å²) in [4.78, 5) is 0. The van der Waals surface area contributed by atoms with Gasteiger partial charge >= 0.3 is 0 Å². The Morgan fingerprint density at radius 1 is 0.654 bits per heavy atom. The molecular weight excluding hydrogens is 318 g/mol. The molecule has 26 heavy (non-hydrogen) atoms. The van der Waals surface area contributed by atoms with Crippen molar-refractivity contribution in [3.8, 4) is 0 Å². The van der Waals surface area contributed by atoms with Crippen molar-refractivity contribution < 1.29 is 5.48 Å². The van der Waals surface area contributed by atoms with E-state index < -0.39 is 0 Å². The van der Waals surface area contributed by atoms with Crippen LogP contribution in [0.1, 0.15) is 75.3 Å². The van der Waals surface area contributed by atoms with Crippen LogP contribution >= 0.6 is 0 Å². The number of hydrogen-bond acceptors (Lipinski definition) is 1. The van der Waals surface area contributed by atoms with Crippen LogP contribution in [0.4, 0.5) is 0 Å². The summed E-state index contributed by atoms with van der Waals surface area (Å²) in [6.07, 6.45) is 11.1. The fraction of sp³-hybridized carbons (Fsp3) is 0.500. The normalized spacial score (nSPS) is 10.7. The second-order valence-electron chi connectivity index (χ2n) is 7.05. The van der Waals surface area contributed by atoms with E-state index in [4.69, 9.17) is 0 Å². The van der Waals surface area contributed by atoms with E-state index in [0.717, 1.165) is 13.1 Å². The molecule has 0 saturated heterocycles. The maximum absolute atomic E-state index is 3.69. The van der Waals surface area contributed by atoms with Gasteiger partial charge in [0, 0.05) is 12.5 Å². The fourth-order valence-corrected chi connectivity index (χ4v) is 3.43. The van der Waals surface area contributed by atoms with Gasteiger partial charge in [0.15, 0.2) is 0 Å². The first kappa shape index (κ1) is 22.4. The van der Waals surface area contributed by atoms with E-state index in [2.05, 4.69) is 72.9 Å². The highest BCUT2D eigenvalue weighted by Gasteiger charge is 2.12. The highest BCUT2D eigenvalue weighted by Crippen LogP contribution is 2.23. The number of hydrogen-bond donors (Lipinski definition) is 1. The molecule has 0 spiro atoms. The van der Waals surface area contributed by atoms with Crippen LogP contribution in [-0.4, -0.2) is 18.6 Å². The molecule has 0 aliphatic rings. The van der Waals surface area contributed by atoms with Crippen molar-refractivity contribution in [3.05, 3.63) is 71.8 Å². The van der Waals surface area contributed by atoms with Crippen molar-refractivity contribution in [2.24, 2.45) is 0 Å². The van der Waals surface area contributed by atoms with Crippen molar-refractivity contribution in [1.29, 1.82) is 0 Å². The Bertz CT molecular complexity index is 501. The van der Waals surface area contributed by atoms with Gasteiger partial charge < -0.3 is 10.8 Å². The zero-order valence-corrected chi connectivity index (χ0v) is 16.4. The molecule has 0 fully saturated rings. The Labute approximate surface area is 160 Å². The SMILES string of the molecule is CCCCCCCCCCNCC(c1ccccc1)c1ccccc1.O. The molecule has 0 aliphatic carbocycles. The fourth-order valence-electron chi connectivity index (χ4n) is 3.43. The van der Waals surface area contributed by atoms with Gasteiger partial charge in [0.05, 0.1) is 0 Å². The zero-order chi connectivity index (χ0) is 17.6. The Kier molecular flexibility index (Phi) is 12.5. The molecule has 144 valence electrons. The first-order valence-electron chi connectivity index (χ1n) is 10.2. The average molecular weight is 356 g/mol. The second-order valence-corrected chi connectivity index (χ2v) is 7.05. The second kappa shape index (κ2) is 14.5. The molecule has 2 rings (SSSR count). The molecule has 0 bridgehead atoms. The third-order valence-corrected chi connectivity index (χ3v) is 4.96. The number of benzene rings is 2. The molecule has 3 N–H and O–H groups in total. The van der Waals surface area contributed by atoms with Gasteiger partial charge in [-0.2, -0.15) is 0 Å². The van der Waals surface area contributed by atoms with E-state index in [1.807, 2.05) is 0 Å². The lowest BCUT2D eigenvalue weighted by Gasteiger charge is -2.19. The molecular formula is C24H37NO. The highest BCUT2D eigenvalue weighted by atomic mass is 16.0. The van der Waals surface area contributed by atoms with E-state index in [1.165, 1.54) is 62.5 Å². The summed E-state index contributed by atoms with van der Waals surface area (Å²) in [6, 6.07) is 21.7. The van der Waals surface area contributed by atoms with Gasteiger partial charge in [-0.05, 0) is 24.1 Å². The monoisotopic (exact) mass is 355 g/mol. The summed E-state index contributed by atoms with van der Waals surface area (Å²) in [7, 11) is 0. The van der Waals surface area contributed by atoms with Gasteiger partial charge in [0.1, 0.15) is 0 Å². The van der Waals surface area contributed by atoms with Gasteiger partial charge in [-0.3, -0.25) is 0 Å². The first-order chi connectivity index (χ1) is 12.4. The summed E-state index contributed by atoms with van der Waals surface area (Å²) in [5.74, 6) is 0.441. The summed E-state index contributed by atoms with van der Waals surface area (Å²) in [5.41, 5.74) is 2.80. The molecule has 2 aromatic carbocycles. The molecule has 0 heterocycles. The Balaban J connectivity index is 0.00000338. The number of rotatable bonds is 13. The van der Waals surface area contributed by atoms with Crippen LogP contribution in [0, 0.1) is 0 Å². The molecule has 0 aromatic heterocycles. The maximum atomic E-state index is 3.69. The molecule has 0 radical (unpaired) electrons. The van der Waals surface area contributed by atoms with Crippen molar-refractivity contribution >= 4 is 0 Å². The van der Waals surface area contributed by atoms with Crippen LogP contribution in [0.3, 0.4) is 0 Å². The standard InChI is InChI=1S/C24H35N.H2O/c1-2-3-4-5-6-7-8-15-20-25-21-24(22-16-11-9-12-17-22)23-18-13-10-14-19-23;/h9-14,16-19,24-25H,2-8,15,20-21H2,1H3;1H2. The van der Waals surface area contributed by atoms with E-state index in [-0.39, 0.29) is 5.48 Å². The van der Waals surface area contributed by atoms with Gasteiger partial charge in [-0.15, -0.1) is 0 Å². The molecule has 0 saturated carbocycles. The van der Waals surface area contributed by atoms with Crippen LogP contribution in [0.2, 0.25) is 0 Å². The third kappa shape index (κ3) is 8.64. The van der Waals surface area contributed by atoms with Crippen molar-refractivity contribution in [2.45, 2.75) is 64.2 Å². The van der Waals surface area contributed by atoms with Crippen LogP contribution < -0.4 is 5.32 Å². The minimum atomic E-state index is 0. The van der Waals surface area contributed by atoms with Crippen molar-refractivity contribution in [3.63, 3.8) is 0 Å². The summed E-state index contributed by atoms with van der Waals surface area (Å²) < 4.78 is 0. The Morgan fingerprint density at radius 2 is 1.12 bits per heavy atom. The average Bonchev–Trinajstić information content (AvgIpc) is 2.67. The van der Waals surface area contributed by atoms with E-state index in [1.54, 1.807) is 0 Å². The number of nitrogens with one attached hydrogen (secondary N) is 1.